The van der Waals surface area contributed by atoms with Gasteiger partial charge in [0.05, 0.1) is 0 Å². The molecule has 150 valence electrons. The zero-order valence-electron chi connectivity index (χ0n) is 18.7. The molecule has 1 N–H and O–H groups in total. The molecule has 0 aliphatic carbocycles. The summed E-state index contributed by atoms with van der Waals surface area (Å²) in [5.74, 6) is -0.540. The summed E-state index contributed by atoms with van der Waals surface area (Å²) in [5.41, 5.74) is 0. The summed E-state index contributed by atoms with van der Waals surface area (Å²) in [6, 6.07) is 0. The summed E-state index contributed by atoms with van der Waals surface area (Å²) >= 11 is 0. The van der Waals surface area contributed by atoms with Crippen LogP contribution in [0, 0.1) is 5.92 Å². The molecule has 5 heteroatoms. The Morgan fingerprint density at radius 2 is 1.15 bits per heavy atom. The van der Waals surface area contributed by atoms with E-state index < -0.39 is 18.0 Å². The van der Waals surface area contributed by atoms with E-state index in [0.717, 1.165) is 25.2 Å². The van der Waals surface area contributed by atoms with Crippen molar-refractivity contribution in [3.05, 3.63) is 0 Å². The van der Waals surface area contributed by atoms with Crippen molar-refractivity contribution >= 4 is 11.9 Å². The molecule has 1 atom stereocenters. The van der Waals surface area contributed by atoms with Crippen LogP contribution < -0.4 is 29.6 Å². The summed E-state index contributed by atoms with van der Waals surface area (Å²) in [5, 5.41) is 8.95. The molecule has 0 aromatic rings. The third-order valence-corrected chi connectivity index (χ3v) is 4.47. The Kier molecular flexibility index (Phi) is 21.6. The Hall–Kier alpha value is 0.1000. The summed E-state index contributed by atoms with van der Waals surface area (Å²) in [7, 11) is 0. The number of esters is 2. The number of ether oxygens (including phenoxy) is 1. The number of carbonyl (C=O) groups is 2. The fraction of sp³-hybridized carbons (Fsp3) is 0.905. The van der Waals surface area contributed by atoms with E-state index in [-0.39, 0.29) is 37.4 Å². The monoisotopic (exact) mass is 380 g/mol. The minimum atomic E-state index is -1.23. The molecule has 0 aliphatic rings. The normalized spacial score (nSPS) is 11.9. The summed E-state index contributed by atoms with van der Waals surface area (Å²) in [6.45, 7) is 5.89. The molecule has 0 amide bonds. The van der Waals surface area contributed by atoms with E-state index in [9.17, 15) is 9.59 Å². The number of hydrogen-bond acceptors (Lipinski definition) is 4. The van der Waals surface area contributed by atoms with E-state index in [1.807, 2.05) is 0 Å². The average molecular weight is 381 g/mol. The first-order chi connectivity index (χ1) is 11.9. The molecule has 0 aromatic carbocycles. The van der Waals surface area contributed by atoms with Gasteiger partial charge in [0.15, 0.2) is 0 Å². The van der Waals surface area contributed by atoms with Gasteiger partial charge < -0.3 is 11.3 Å². The zero-order valence-corrected chi connectivity index (χ0v) is 19.7. The first-order valence-electron chi connectivity index (χ1n) is 10.4. The second-order valence-corrected chi connectivity index (χ2v) is 7.64. The second kappa shape index (κ2) is 19.9. The van der Waals surface area contributed by atoms with Crippen LogP contribution in [0.3, 0.4) is 0 Å². The minimum absolute atomic E-state index is 0. The molecule has 0 spiro atoms. The van der Waals surface area contributed by atoms with E-state index >= 15 is 0 Å². The molecule has 26 heavy (non-hydrogen) atoms. The van der Waals surface area contributed by atoms with Gasteiger partial charge in [-0.25, -0.2) is 4.79 Å². The van der Waals surface area contributed by atoms with Crippen molar-refractivity contribution < 1.29 is 50.4 Å². The molecule has 0 bridgehead atoms. The number of unbranched alkanes of at least 4 members (excludes halogenated alkanes) is 11. The van der Waals surface area contributed by atoms with Gasteiger partial charge >= 0.3 is 41.5 Å². The third kappa shape index (κ3) is 20.4. The van der Waals surface area contributed by atoms with Gasteiger partial charge in [-0.2, -0.15) is 0 Å². The van der Waals surface area contributed by atoms with Gasteiger partial charge in [-0.15, -0.1) is 0 Å². The molecular weight excluding hydrogens is 339 g/mol. The molecule has 0 aromatic heterocycles. The SMILES string of the molecule is CC(C)CCCCCCCCCCCCCCC(=O)OC(=O)C(C)O.[H-].[Na+]. The van der Waals surface area contributed by atoms with Gasteiger partial charge in [-0.05, 0) is 19.3 Å². The van der Waals surface area contributed by atoms with Gasteiger partial charge in [-0.3, -0.25) is 4.79 Å². The first-order valence-corrected chi connectivity index (χ1v) is 10.4. The smallest absolute Gasteiger partial charge is 1.00 e. The molecule has 4 nitrogen and oxygen atoms in total. The molecule has 0 rings (SSSR count). The molecule has 0 aliphatic heterocycles. The number of hydrogen-bond donors (Lipinski definition) is 1. The van der Waals surface area contributed by atoms with Crippen LogP contribution in [0.2, 0.25) is 0 Å². The molecule has 0 radical (unpaired) electrons. The van der Waals surface area contributed by atoms with Crippen molar-refractivity contribution in [3.63, 3.8) is 0 Å². The molecule has 0 fully saturated rings. The average Bonchev–Trinajstić information content (AvgIpc) is 2.54. The maximum Gasteiger partial charge on any atom is 1.00 e. The summed E-state index contributed by atoms with van der Waals surface area (Å²) in [4.78, 5) is 22.4. The molecule has 1 unspecified atom stereocenters. The topological polar surface area (TPSA) is 63.6 Å². The van der Waals surface area contributed by atoms with Crippen LogP contribution in [0.5, 0.6) is 0 Å². The van der Waals surface area contributed by atoms with Crippen molar-refractivity contribution in [2.24, 2.45) is 5.92 Å². The number of carbonyl (C=O) groups excluding carboxylic acids is 2. The van der Waals surface area contributed by atoms with E-state index in [4.69, 9.17) is 5.11 Å². The Labute approximate surface area is 184 Å². The molecule has 0 saturated carbocycles. The predicted octanol–water partition coefficient (Wildman–Crippen LogP) is 2.67. The standard InChI is InChI=1S/C21H40O4.Na.H/c1-18(2)16-14-12-10-8-6-4-5-7-9-11-13-15-17-20(23)25-21(24)19(3)22;;/h18-19,22H,4-17H2,1-3H3;;/q;+1;-1. The van der Waals surface area contributed by atoms with Gasteiger partial charge in [0.25, 0.3) is 0 Å². The predicted molar refractivity (Wildman–Crippen MR) is 103 cm³/mol. The fourth-order valence-electron chi connectivity index (χ4n) is 2.84. The fourth-order valence-corrected chi connectivity index (χ4v) is 2.84. The van der Waals surface area contributed by atoms with Crippen molar-refractivity contribution in [1.82, 2.24) is 0 Å². The van der Waals surface area contributed by atoms with Crippen LogP contribution in [-0.4, -0.2) is 23.1 Å². The Morgan fingerprint density at radius 1 is 0.769 bits per heavy atom. The van der Waals surface area contributed by atoms with Crippen LogP contribution in [0.1, 0.15) is 112 Å². The summed E-state index contributed by atoms with van der Waals surface area (Å²) < 4.78 is 4.50. The Balaban J connectivity index is -0.00000288. The van der Waals surface area contributed by atoms with E-state index in [1.165, 1.54) is 71.1 Å². The van der Waals surface area contributed by atoms with Crippen molar-refractivity contribution in [2.75, 3.05) is 0 Å². The van der Waals surface area contributed by atoms with Crippen LogP contribution in [-0.2, 0) is 14.3 Å². The van der Waals surface area contributed by atoms with E-state index in [2.05, 4.69) is 18.6 Å². The number of aliphatic hydroxyl groups is 1. The molecule has 0 saturated heterocycles. The van der Waals surface area contributed by atoms with Gasteiger partial charge in [0, 0.05) is 6.42 Å². The van der Waals surface area contributed by atoms with Crippen molar-refractivity contribution in [1.29, 1.82) is 0 Å². The van der Waals surface area contributed by atoms with Crippen LogP contribution in [0.4, 0.5) is 0 Å². The van der Waals surface area contributed by atoms with E-state index in [0.29, 0.717) is 0 Å². The van der Waals surface area contributed by atoms with Crippen LogP contribution in [0.15, 0.2) is 0 Å². The second-order valence-electron chi connectivity index (χ2n) is 7.64. The van der Waals surface area contributed by atoms with Crippen LogP contribution >= 0.6 is 0 Å². The quantitative estimate of drug-likeness (QED) is 0.194. The summed E-state index contributed by atoms with van der Waals surface area (Å²) in [6.07, 6.45) is 15.3. The third-order valence-electron chi connectivity index (χ3n) is 4.47. The maximum absolute atomic E-state index is 11.3. The van der Waals surface area contributed by atoms with E-state index in [1.54, 1.807) is 0 Å². The van der Waals surface area contributed by atoms with Crippen molar-refractivity contribution in [2.45, 2.75) is 117 Å². The van der Waals surface area contributed by atoms with Gasteiger partial charge in [0.2, 0.25) is 0 Å². The van der Waals surface area contributed by atoms with Gasteiger partial charge in [0.1, 0.15) is 6.10 Å². The van der Waals surface area contributed by atoms with Crippen LogP contribution in [0.25, 0.3) is 0 Å². The largest absolute Gasteiger partial charge is 1.00 e. The minimum Gasteiger partial charge on any atom is -1.00 e. The Bertz CT molecular complexity index is 349. The molecule has 0 heterocycles. The number of aliphatic hydroxyl groups excluding tert-OH is 1. The first kappa shape index (κ1) is 28.3. The number of rotatable bonds is 16. The Morgan fingerprint density at radius 3 is 1.54 bits per heavy atom. The van der Waals surface area contributed by atoms with Gasteiger partial charge in [-0.1, -0.05) is 90.9 Å². The van der Waals surface area contributed by atoms with Crippen molar-refractivity contribution in [3.8, 4) is 0 Å². The zero-order chi connectivity index (χ0) is 18.9. The molecular formula is C21H41NaO4. The maximum atomic E-state index is 11.3.